The molecular weight excluding hydrogens is 336 g/mol. The zero-order chi connectivity index (χ0) is 19.1. The van der Waals surface area contributed by atoms with E-state index in [4.69, 9.17) is 9.47 Å². The molecule has 0 saturated carbocycles. The SMILES string of the molecule is CCOC(=O)CC(C)Oc1ccccc1-c1ccccc1-c1ccccc1. The summed E-state index contributed by atoms with van der Waals surface area (Å²) < 4.78 is 11.1. The van der Waals surface area contributed by atoms with Gasteiger partial charge in [0.25, 0.3) is 0 Å². The fourth-order valence-electron chi connectivity index (χ4n) is 3.09. The molecule has 1 unspecified atom stereocenters. The minimum Gasteiger partial charge on any atom is -0.489 e. The first-order chi connectivity index (χ1) is 13.2. The molecule has 0 bridgehead atoms. The lowest BCUT2D eigenvalue weighted by Crippen LogP contribution is -2.19. The van der Waals surface area contributed by atoms with Crippen LogP contribution in [0.2, 0.25) is 0 Å². The normalized spacial score (nSPS) is 11.6. The van der Waals surface area contributed by atoms with Gasteiger partial charge in [-0.2, -0.15) is 0 Å². The highest BCUT2D eigenvalue weighted by atomic mass is 16.5. The number of hydrogen-bond acceptors (Lipinski definition) is 3. The highest BCUT2D eigenvalue weighted by Gasteiger charge is 2.16. The fourth-order valence-corrected chi connectivity index (χ4v) is 3.09. The number of carbonyl (C=O) groups is 1. The van der Waals surface area contributed by atoms with Gasteiger partial charge in [-0.05, 0) is 36.6 Å². The summed E-state index contributed by atoms with van der Waals surface area (Å²) in [6.45, 7) is 4.07. The Hall–Kier alpha value is -3.07. The highest BCUT2D eigenvalue weighted by molar-refractivity contribution is 5.86. The largest absolute Gasteiger partial charge is 0.489 e. The molecule has 0 N–H and O–H groups in total. The molecule has 3 rings (SSSR count). The molecule has 27 heavy (non-hydrogen) atoms. The van der Waals surface area contributed by atoms with Gasteiger partial charge in [0.1, 0.15) is 11.9 Å². The van der Waals surface area contributed by atoms with Gasteiger partial charge in [-0.15, -0.1) is 0 Å². The van der Waals surface area contributed by atoms with Crippen LogP contribution in [0.15, 0.2) is 78.9 Å². The van der Waals surface area contributed by atoms with E-state index in [0.29, 0.717) is 6.61 Å². The summed E-state index contributed by atoms with van der Waals surface area (Å²) in [5, 5.41) is 0. The molecule has 3 aromatic carbocycles. The summed E-state index contributed by atoms with van der Waals surface area (Å²) in [6.07, 6.45) is -0.0447. The second-order valence-electron chi connectivity index (χ2n) is 6.35. The third kappa shape index (κ3) is 4.76. The molecule has 0 aliphatic carbocycles. The lowest BCUT2D eigenvalue weighted by molar-refractivity contribution is -0.144. The van der Waals surface area contributed by atoms with Gasteiger partial charge in [-0.1, -0.05) is 72.8 Å². The number of para-hydroxylation sites is 1. The van der Waals surface area contributed by atoms with Crippen LogP contribution in [0.3, 0.4) is 0 Å². The standard InChI is InChI=1S/C24H24O3/c1-3-26-24(25)17-18(2)27-23-16-10-9-15-22(23)21-14-8-7-13-20(21)19-11-5-4-6-12-19/h4-16,18H,3,17H2,1-2H3. The van der Waals surface area contributed by atoms with Crippen molar-refractivity contribution in [2.24, 2.45) is 0 Å². The summed E-state index contributed by atoms with van der Waals surface area (Å²) in [4.78, 5) is 11.7. The Morgan fingerprint density at radius 2 is 1.41 bits per heavy atom. The number of benzene rings is 3. The van der Waals surface area contributed by atoms with Crippen LogP contribution in [0.4, 0.5) is 0 Å². The van der Waals surface area contributed by atoms with Crippen LogP contribution in [0.25, 0.3) is 22.3 Å². The third-order valence-electron chi connectivity index (χ3n) is 4.28. The van der Waals surface area contributed by atoms with E-state index < -0.39 is 0 Å². The van der Waals surface area contributed by atoms with Crippen molar-refractivity contribution in [3.63, 3.8) is 0 Å². The molecule has 0 aliphatic rings. The Kier molecular flexibility index (Phi) is 6.26. The molecule has 0 spiro atoms. The Labute approximate surface area is 160 Å². The van der Waals surface area contributed by atoms with E-state index >= 15 is 0 Å². The summed E-state index contributed by atoms with van der Waals surface area (Å²) in [7, 11) is 0. The van der Waals surface area contributed by atoms with Crippen molar-refractivity contribution in [3.05, 3.63) is 78.9 Å². The molecule has 0 aromatic heterocycles. The number of rotatable bonds is 7. The maximum atomic E-state index is 11.7. The average Bonchev–Trinajstić information content (AvgIpc) is 2.69. The van der Waals surface area contributed by atoms with Crippen molar-refractivity contribution in [2.75, 3.05) is 6.61 Å². The monoisotopic (exact) mass is 360 g/mol. The topological polar surface area (TPSA) is 35.5 Å². The van der Waals surface area contributed by atoms with E-state index in [1.54, 1.807) is 6.92 Å². The van der Waals surface area contributed by atoms with Crippen molar-refractivity contribution >= 4 is 5.97 Å². The maximum Gasteiger partial charge on any atom is 0.309 e. The zero-order valence-electron chi connectivity index (χ0n) is 15.7. The van der Waals surface area contributed by atoms with Crippen LogP contribution in [0, 0.1) is 0 Å². The molecule has 138 valence electrons. The second-order valence-corrected chi connectivity index (χ2v) is 6.35. The number of ether oxygens (including phenoxy) is 2. The van der Waals surface area contributed by atoms with Crippen LogP contribution in [-0.4, -0.2) is 18.7 Å². The van der Waals surface area contributed by atoms with Gasteiger partial charge >= 0.3 is 5.97 Å². The quantitative estimate of drug-likeness (QED) is 0.504. The van der Waals surface area contributed by atoms with Crippen LogP contribution in [0.5, 0.6) is 5.75 Å². The Morgan fingerprint density at radius 1 is 0.815 bits per heavy atom. The molecule has 3 aromatic rings. The lowest BCUT2D eigenvalue weighted by Gasteiger charge is -2.18. The van der Waals surface area contributed by atoms with Crippen LogP contribution < -0.4 is 4.74 Å². The van der Waals surface area contributed by atoms with E-state index in [-0.39, 0.29) is 18.5 Å². The zero-order valence-corrected chi connectivity index (χ0v) is 15.7. The number of carbonyl (C=O) groups excluding carboxylic acids is 1. The molecule has 1 atom stereocenters. The van der Waals surface area contributed by atoms with Gasteiger partial charge in [0.15, 0.2) is 0 Å². The first-order valence-corrected chi connectivity index (χ1v) is 9.25. The first-order valence-electron chi connectivity index (χ1n) is 9.25. The number of hydrogen-bond donors (Lipinski definition) is 0. The molecule has 0 radical (unpaired) electrons. The van der Waals surface area contributed by atoms with Crippen molar-refractivity contribution in [1.29, 1.82) is 0 Å². The summed E-state index contributed by atoms with van der Waals surface area (Å²) in [5.41, 5.74) is 4.41. The van der Waals surface area contributed by atoms with Gasteiger partial charge in [-0.25, -0.2) is 0 Å². The fraction of sp³-hybridized carbons (Fsp3) is 0.208. The van der Waals surface area contributed by atoms with E-state index in [1.165, 1.54) is 0 Å². The van der Waals surface area contributed by atoms with Gasteiger partial charge in [0.2, 0.25) is 0 Å². The Morgan fingerprint density at radius 3 is 2.11 bits per heavy atom. The van der Waals surface area contributed by atoms with Crippen LogP contribution >= 0.6 is 0 Å². The lowest BCUT2D eigenvalue weighted by atomic mass is 9.94. The summed E-state index contributed by atoms with van der Waals surface area (Å²) >= 11 is 0. The molecule has 0 amide bonds. The van der Waals surface area contributed by atoms with Crippen LogP contribution in [0.1, 0.15) is 20.3 Å². The Bertz CT molecular complexity index is 887. The van der Waals surface area contributed by atoms with Gasteiger partial charge in [0, 0.05) is 5.56 Å². The average molecular weight is 360 g/mol. The molecule has 0 heterocycles. The van der Waals surface area contributed by atoms with Crippen LogP contribution in [-0.2, 0) is 9.53 Å². The van der Waals surface area contributed by atoms with Gasteiger partial charge in [-0.3, -0.25) is 4.79 Å². The smallest absolute Gasteiger partial charge is 0.309 e. The van der Waals surface area contributed by atoms with Crippen molar-refractivity contribution in [2.45, 2.75) is 26.4 Å². The molecule has 0 fully saturated rings. The predicted molar refractivity (Wildman–Crippen MR) is 109 cm³/mol. The van der Waals surface area contributed by atoms with Gasteiger partial charge in [0.05, 0.1) is 13.0 Å². The number of esters is 1. The summed E-state index contributed by atoms with van der Waals surface area (Å²) in [6, 6.07) is 26.5. The van der Waals surface area contributed by atoms with E-state index in [1.807, 2.05) is 61.5 Å². The Balaban J connectivity index is 1.92. The molecule has 3 nitrogen and oxygen atoms in total. The third-order valence-corrected chi connectivity index (χ3v) is 4.28. The maximum absolute atomic E-state index is 11.7. The van der Waals surface area contributed by atoms with E-state index in [9.17, 15) is 4.79 Å². The van der Waals surface area contributed by atoms with E-state index in [2.05, 4.69) is 24.3 Å². The van der Waals surface area contributed by atoms with Crippen molar-refractivity contribution in [3.8, 4) is 28.0 Å². The van der Waals surface area contributed by atoms with Crippen molar-refractivity contribution in [1.82, 2.24) is 0 Å². The molecule has 0 aliphatic heterocycles. The second kappa shape index (κ2) is 9.04. The molecule has 3 heteroatoms. The van der Waals surface area contributed by atoms with Gasteiger partial charge < -0.3 is 9.47 Å². The minimum absolute atomic E-state index is 0.225. The van der Waals surface area contributed by atoms with Crippen molar-refractivity contribution < 1.29 is 14.3 Å². The highest BCUT2D eigenvalue weighted by Crippen LogP contribution is 2.37. The molecule has 0 saturated heterocycles. The summed E-state index contributed by atoms with van der Waals surface area (Å²) in [5.74, 6) is 0.518. The first kappa shape index (κ1) is 18.7. The predicted octanol–water partition coefficient (Wildman–Crippen LogP) is 5.74. The minimum atomic E-state index is -0.269. The molecular formula is C24H24O3. The van der Waals surface area contributed by atoms with E-state index in [0.717, 1.165) is 28.0 Å².